The van der Waals surface area contributed by atoms with Crippen molar-refractivity contribution in [3.05, 3.63) is 76.6 Å². The van der Waals surface area contributed by atoms with Crippen molar-refractivity contribution >= 4 is 29.2 Å². The first-order valence-electron chi connectivity index (χ1n) is 8.40. The molecule has 7 heteroatoms. The average Bonchev–Trinajstić information content (AvgIpc) is 2.61. The van der Waals surface area contributed by atoms with Crippen LogP contribution in [0.25, 0.3) is 0 Å². The molecule has 0 atom stereocenters. The Morgan fingerprint density at radius 3 is 2.22 bits per heavy atom. The number of benzene rings is 2. The monoisotopic (exact) mass is 381 g/mol. The van der Waals surface area contributed by atoms with Gasteiger partial charge in [-0.3, -0.25) is 10.7 Å². The van der Waals surface area contributed by atoms with Gasteiger partial charge in [-0.25, -0.2) is 9.97 Å². The fourth-order valence-corrected chi connectivity index (χ4v) is 2.58. The number of nitrogens with zero attached hydrogens (tertiary/aromatic N) is 2. The molecule has 3 aromatic rings. The van der Waals surface area contributed by atoms with E-state index in [1.165, 1.54) is 0 Å². The molecule has 0 saturated heterocycles. The van der Waals surface area contributed by atoms with Crippen LogP contribution in [0.1, 0.15) is 17.0 Å². The molecular weight excluding hydrogens is 362 g/mol. The largest absolute Gasteiger partial charge is 0.489 e. The highest BCUT2D eigenvalue weighted by atomic mass is 35.5. The Hall–Kier alpha value is -3.12. The van der Waals surface area contributed by atoms with Crippen molar-refractivity contribution in [2.24, 2.45) is 0 Å². The van der Waals surface area contributed by atoms with E-state index in [0.29, 0.717) is 17.6 Å². The summed E-state index contributed by atoms with van der Waals surface area (Å²) in [6.45, 7) is 4.24. The highest BCUT2D eigenvalue weighted by Crippen LogP contribution is 2.18. The molecule has 3 N–H and O–H groups in total. The molecule has 6 nitrogen and oxygen atoms in total. The zero-order valence-electron chi connectivity index (χ0n) is 15.1. The van der Waals surface area contributed by atoms with Crippen LogP contribution in [0.3, 0.4) is 0 Å². The summed E-state index contributed by atoms with van der Waals surface area (Å²) in [4.78, 5) is 8.51. The molecule has 0 aliphatic rings. The van der Waals surface area contributed by atoms with Crippen LogP contribution in [0, 0.1) is 19.3 Å². The maximum Gasteiger partial charge on any atom is 0.229 e. The zero-order valence-corrected chi connectivity index (χ0v) is 15.8. The van der Waals surface area contributed by atoms with E-state index in [1.807, 2.05) is 68.4 Å². The minimum absolute atomic E-state index is 0.0924. The van der Waals surface area contributed by atoms with E-state index >= 15 is 0 Å². The van der Waals surface area contributed by atoms with E-state index in [2.05, 4.69) is 20.6 Å². The smallest absolute Gasteiger partial charge is 0.229 e. The van der Waals surface area contributed by atoms with Crippen molar-refractivity contribution in [1.29, 1.82) is 5.41 Å². The zero-order chi connectivity index (χ0) is 19.2. The van der Waals surface area contributed by atoms with Crippen LogP contribution in [0.5, 0.6) is 5.75 Å². The summed E-state index contributed by atoms with van der Waals surface area (Å²) in [6, 6.07) is 16.8. The van der Waals surface area contributed by atoms with Gasteiger partial charge in [-0.1, -0.05) is 23.7 Å². The average molecular weight is 382 g/mol. The molecule has 0 aliphatic heterocycles. The maximum absolute atomic E-state index is 8.02. The normalized spacial score (nSPS) is 10.3. The van der Waals surface area contributed by atoms with E-state index in [0.717, 1.165) is 28.4 Å². The lowest BCUT2D eigenvalue weighted by atomic mass is 10.2. The number of hydrogen-bond donors (Lipinski definition) is 3. The van der Waals surface area contributed by atoms with Crippen molar-refractivity contribution in [1.82, 2.24) is 9.97 Å². The predicted octanol–water partition coefficient (Wildman–Crippen LogP) is 4.78. The Labute approximate surface area is 163 Å². The minimum Gasteiger partial charge on any atom is -0.489 e. The number of hydrogen-bond acceptors (Lipinski definition) is 4. The summed E-state index contributed by atoms with van der Waals surface area (Å²) in [7, 11) is 0. The molecular formula is C20H20ClN5O. The van der Waals surface area contributed by atoms with Crippen LogP contribution < -0.4 is 15.4 Å². The highest BCUT2D eigenvalue weighted by molar-refractivity contribution is 6.30. The van der Waals surface area contributed by atoms with Crippen molar-refractivity contribution in [2.45, 2.75) is 20.5 Å². The minimum atomic E-state index is 0.0924. The fourth-order valence-electron chi connectivity index (χ4n) is 2.45. The SMILES string of the molecule is Cc1cc(C)nc(NC(=N)Nc2ccc(OCc3ccc(Cl)cc3)cc2)n1. The summed E-state index contributed by atoms with van der Waals surface area (Å²) in [6.07, 6.45) is 0. The molecule has 0 spiro atoms. The van der Waals surface area contributed by atoms with Gasteiger partial charge in [0, 0.05) is 22.1 Å². The Morgan fingerprint density at radius 1 is 0.963 bits per heavy atom. The third kappa shape index (κ3) is 5.69. The molecule has 0 aliphatic carbocycles. The first kappa shape index (κ1) is 18.7. The second kappa shape index (κ2) is 8.51. The first-order valence-corrected chi connectivity index (χ1v) is 8.78. The van der Waals surface area contributed by atoms with Gasteiger partial charge in [-0.2, -0.15) is 0 Å². The first-order chi connectivity index (χ1) is 13.0. The molecule has 0 fully saturated rings. The van der Waals surface area contributed by atoms with Crippen LogP contribution in [0.2, 0.25) is 5.02 Å². The maximum atomic E-state index is 8.02. The molecule has 3 rings (SSSR count). The Balaban J connectivity index is 1.53. The van der Waals surface area contributed by atoms with Gasteiger partial charge in [0.05, 0.1) is 0 Å². The second-order valence-corrected chi connectivity index (χ2v) is 6.48. The molecule has 138 valence electrons. The van der Waals surface area contributed by atoms with Gasteiger partial charge in [0.15, 0.2) is 5.96 Å². The van der Waals surface area contributed by atoms with Gasteiger partial charge in [0.1, 0.15) is 12.4 Å². The van der Waals surface area contributed by atoms with Crippen LogP contribution in [-0.4, -0.2) is 15.9 Å². The van der Waals surface area contributed by atoms with E-state index in [-0.39, 0.29) is 5.96 Å². The lowest BCUT2D eigenvalue weighted by Crippen LogP contribution is -2.22. The van der Waals surface area contributed by atoms with Gasteiger partial charge >= 0.3 is 0 Å². The molecule has 0 unspecified atom stereocenters. The molecule has 1 heterocycles. The number of aromatic nitrogens is 2. The number of guanidine groups is 1. The molecule has 1 aromatic heterocycles. The number of aryl methyl sites for hydroxylation is 2. The predicted molar refractivity (Wildman–Crippen MR) is 109 cm³/mol. The van der Waals surface area contributed by atoms with Crippen molar-refractivity contribution in [3.63, 3.8) is 0 Å². The van der Waals surface area contributed by atoms with Crippen LogP contribution in [-0.2, 0) is 6.61 Å². The molecule has 27 heavy (non-hydrogen) atoms. The fraction of sp³-hybridized carbons (Fsp3) is 0.150. The van der Waals surface area contributed by atoms with Gasteiger partial charge in [0.25, 0.3) is 0 Å². The summed E-state index contributed by atoms with van der Waals surface area (Å²) < 4.78 is 5.75. The lowest BCUT2D eigenvalue weighted by Gasteiger charge is -2.11. The molecule has 0 radical (unpaired) electrons. The Bertz CT molecular complexity index is 906. The van der Waals surface area contributed by atoms with Crippen LogP contribution >= 0.6 is 11.6 Å². The highest BCUT2D eigenvalue weighted by Gasteiger charge is 2.04. The number of nitrogens with one attached hydrogen (secondary N) is 3. The van der Waals surface area contributed by atoms with E-state index in [1.54, 1.807) is 0 Å². The molecule has 2 aromatic carbocycles. The number of halogens is 1. The third-order valence-electron chi connectivity index (χ3n) is 3.66. The summed E-state index contributed by atoms with van der Waals surface area (Å²) in [5.41, 5.74) is 3.50. The molecule has 0 saturated carbocycles. The Morgan fingerprint density at radius 2 is 1.59 bits per heavy atom. The third-order valence-corrected chi connectivity index (χ3v) is 3.91. The summed E-state index contributed by atoms with van der Waals surface area (Å²) in [5, 5.41) is 14.5. The quantitative estimate of drug-likeness (QED) is 0.437. The van der Waals surface area contributed by atoms with E-state index in [9.17, 15) is 0 Å². The van der Waals surface area contributed by atoms with Gasteiger partial charge in [-0.05, 0) is 61.9 Å². The second-order valence-electron chi connectivity index (χ2n) is 6.04. The molecule has 0 amide bonds. The number of rotatable bonds is 5. The summed E-state index contributed by atoms with van der Waals surface area (Å²) >= 11 is 5.88. The van der Waals surface area contributed by atoms with Crippen molar-refractivity contribution in [2.75, 3.05) is 10.6 Å². The number of ether oxygens (including phenoxy) is 1. The van der Waals surface area contributed by atoms with Crippen LogP contribution in [0.15, 0.2) is 54.6 Å². The van der Waals surface area contributed by atoms with Crippen molar-refractivity contribution < 1.29 is 4.74 Å². The molecule has 0 bridgehead atoms. The topological polar surface area (TPSA) is 82.9 Å². The lowest BCUT2D eigenvalue weighted by molar-refractivity contribution is 0.306. The van der Waals surface area contributed by atoms with Gasteiger partial charge < -0.3 is 10.1 Å². The Kier molecular flexibility index (Phi) is 5.88. The summed E-state index contributed by atoms with van der Waals surface area (Å²) in [5.74, 6) is 1.23. The van der Waals surface area contributed by atoms with E-state index in [4.69, 9.17) is 21.7 Å². The standard InChI is InChI=1S/C20H20ClN5O/c1-13-11-14(2)24-20(23-13)26-19(22)25-17-7-9-18(10-8-17)27-12-15-3-5-16(21)6-4-15/h3-11H,12H2,1-2H3,(H3,22,23,24,25,26). The van der Waals surface area contributed by atoms with Crippen molar-refractivity contribution in [3.8, 4) is 5.75 Å². The van der Waals surface area contributed by atoms with Gasteiger partial charge in [-0.15, -0.1) is 0 Å². The van der Waals surface area contributed by atoms with Crippen LogP contribution in [0.4, 0.5) is 11.6 Å². The number of anilines is 2. The van der Waals surface area contributed by atoms with E-state index < -0.39 is 0 Å². The van der Waals surface area contributed by atoms with Gasteiger partial charge in [0.2, 0.25) is 5.95 Å².